The molecular formula is C39H31F7N6O3. The lowest BCUT2D eigenvalue weighted by atomic mass is 9.93. The van der Waals surface area contributed by atoms with Crippen molar-refractivity contribution in [1.29, 1.82) is 0 Å². The number of nitrogens with one attached hydrogen (secondary N) is 3. The van der Waals surface area contributed by atoms with Crippen LogP contribution < -0.4 is 16.2 Å². The molecule has 16 heteroatoms. The molecule has 5 aromatic rings. The summed E-state index contributed by atoms with van der Waals surface area (Å²) in [5.74, 6) is -1.25. The van der Waals surface area contributed by atoms with E-state index < -0.39 is 72.0 Å². The Morgan fingerprint density at radius 1 is 0.982 bits per heavy atom. The van der Waals surface area contributed by atoms with E-state index in [-0.39, 0.29) is 34.8 Å². The van der Waals surface area contributed by atoms with E-state index in [4.69, 9.17) is 0 Å². The summed E-state index contributed by atoms with van der Waals surface area (Å²) in [7, 11) is 0. The quantitative estimate of drug-likeness (QED) is 0.125. The van der Waals surface area contributed by atoms with Crippen molar-refractivity contribution in [2.75, 3.05) is 0 Å². The molecule has 7 rings (SSSR count). The van der Waals surface area contributed by atoms with E-state index in [1.165, 1.54) is 18.3 Å². The minimum Gasteiger partial charge on any atom is -0.348 e. The van der Waals surface area contributed by atoms with Gasteiger partial charge in [-0.25, -0.2) is 13.8 Å². The van der Waals surface area contributed by atoms with Gasteiger partial charge in [0.05, 0.1) is 11.7 Å². The molecule has 3 N–H and O–H groups in total. The molecule has 1 atom stereocenters. The van der Waals surface area contributed by atoms with E-state index in [1.54, 1.807) is 30.3 Å². The number of amides is 2. The lowest BCUT2D eigenvalue weighted by Crippen LogP contribution is -2.35. The van der Waals surface area contributed by atoms with Gasteiger partial charge >= 0.3 is 6.18 Å². The molecule has 2 amide bonds. The third-order valence-corrected chi connectivity index (χ3v) is 8.82. The van der Waals surface area contributed by atoms with Gasteiger partial charge in [0, 0.05) is 53.5 Å². The normalized spacial score (nSPS) is 14.5. The fourth-order valence-corrected chi connectivity index (χ4v) is 6.50. The molecule has 284 valence electrons. The number of rotatable bonds is 7. The van der Waals surface area contributed by atoms with E-state index in [0.29, 0.717) is 39.5 Å². The van der Waals surface area contributed by atoms with Crippen molar-refractivity contribution in [3.05, 3.63) is 139 Å². The number of nitrogens with zero attached hydrogens (tertiary/aromatic N) is 3. The summed E-state index contributed by atoms with van der Waals surface area (Å²) in [6.07, 6.45) is -5.49. The Morgan fingerprint density at radius 2 is 1.73 bits per heavy atom. The van der Waals surface area contributed by atoms with Gasteiger partial charge in [0.25, 0.3) is 11.8 Å². The molecule has 9 nitrogen and oxygen atoms in total. The van der Waals surface area contributed by atoms with Crippen LogP contribution in [0.25, 0.3) is 11.1 Å². The highest BCUT2D eigenvalue weighted by Gasteiger charge is 2.50. The highest BCUT2D eigenvalue weighted by Crippen LogP contribution is 2.46. The zero-order chi connectivity index (χ0) is 39.7. The van der Waals surface area contributed by atoms with Gasteiger partial charge in [0.2, 0.25) is 11.5 Å². The summed E-state index contributed by atoms with van der Waals surface area (Å²) in [5.41, 5.74) is -1.01. The van der Waals surface area contributed by atoms with Gasteiger partial charge in [0.1, 0.15) is 29.6 Å². The molecule has 55 heavy (non-hydrogen) atoms. The standard InChI is InChI=1S/C37H25F7N6O3.C2H6/c38-23-11-20(12-24(39)15-23)13-29(48-31(52)18-50-34-27(9-10-36(34,40)41)33(49-50)37(42,43)44)32-26(21-3-4-22-17-46-35(53)28(22)14-21)7-6-25(47-32)5-1-19-2-8-30(51)45-16-19;1-2/h2-4,6-8,11-12,14-16,29H,9-10,13,17-18H2,(H,45,51)(H,46,53)(H,48,52);1-2H3/t29-;/m0./s1. The molecule has 2 aromatic carbocycles. The smallest absolute Gasteiger partial charge is 0.348 e. The van der Waals surface area contributed by atoms with Crippen LogP contribution >= 0.6 is 0 Å². The number of hydrogen-bond acceptors (Lipinski definition) is 5. The molecule has 0 saturated heterocycles. The number of aromatic nitrogens is 4. The number of alkyl halides is 5. The van der Waals surface area contributed by atoms with Crippen molar-refractivity contribution in [2.45, 2.75) is 64.3 Å². The molecule has 4 heterocycles. The third-order valence-electron chi connectivity index (χ3n) is 8.82. The zero-order valence-electron chi connectivity index (χ0n) is 29.2. The van der Waals surface area contributed by atoms with Crippen molar-refractivity contribution in [3.8, 4) is 23.0 Å². The van der Waals surface area contributed by atoms with E-state index in [2.05, 4.69) is 37.5 Å². The van der Waals surface area contributed by atoms with Gasteiger partial charge in [-0.1, -0.05) is 31.9 Å². The number of carbonyl (C=O) groups is 2. The molecule has 2 aliphatic rings. The van der Waals surface area contributed by atoms with Crippen LogP contribution in [-0.2, 0) is 42.8 Å². The number of halogens is 7. The second-order valence-electron chi connectivity index (χ2n) is 12.5. The molecular weight excluding hydrogens is 733 g/mol. The first-order valence-corrected chi connectivity index (χ1v) is 17.1. The second-order valence-corrected chi connectivity index (χ2v) is 12.5. The van der Waals surface area contributed by atoms with Crippen LogP contribution in [-0.4, -0.2) is 31.6 Å². The van der Waals surface area contributed by atoms with E-state index in [0.717, 1.165) is 17.7 Å². The molecule has 0 saturated carbocycles. The number of carbonyl (C=O) groups excluding carboxylic acids is 2. The summed E-state index contributed by atoms with van der Waals surface area (Å²) in [5, 5.41) is 8.69. The molecule has 0 unspecified atom stereocenters. The van der Waals surface area contributed by atoms with Crippen LogP contribution in [0.1, 0.15) is 81.7 Å². The summed E-state index contributed by atoms with van der Waals surface area (Å²) < 4.78 is 100. The van der Waals surface area contributed by atoms with Crippen LogP contribution in [0, 0.1) is 23.5 Å². The van der Waals surface area contributed by atoms with Crippen LogP contribution in [0.4, 0.5) is 30.7 Å². The maximum absolute atomic E-state index is 14.9. The molecule has 0 spiro atoms. The van der Waals surface area contributed by atoms with Crippen molar-refractivity contribution in [3.63, 3.8) is 0 Å². The van der Waals surface area contributed by atoms with Gasteiger partial charge in [-0.05, 0) is 71.9 Å². The minimum atomic E-state index is -5.06. The average molecular weight is 765 g/mol. The van der Waals surface area contributed by atoms with Gasteiger partial charge in [-0.3, -0.25) is 19.1 Å². The average Bonchev–Trinajstić information content (AvgIpc) is 3.80. The van der Waals surface area contributed by atoms with Crippen LogP contribution in [0.5, 0.6) is 0 Å². The number of pyridine rings is 2. The maximum atomic E-state index is 14.9. The molecule has 3 aromatic heterocycles. The number of hydrogen-bond donors (Lipinski definition) is 3. The molecule has 0 radical (unpaired) electrons. The molecule has 0 bridgehead atoms. The Hall–Kier alpha value is -6.24. The fraction of sp³-hybridized carbons (Fsp3) is 0.256. The Kier molecular flexibility index (Phi) is 10.7. The summed E-state index contributed by atoms with van der Waals surface area (Å²) in [6, 6.07) is 12.2. The summed E-state index contributed by atoms with van der Waals surface area (Å²) in [6.45, 7) is 3.25. The second kappa shape index (κ2) is 15.2. The molecule has 0 fully saturated rings. The maximum Gasteiger partial charge on any atom is 0.435 e. The van der Waals surface area contributed by atoms with E-state index in [9.17, 15) is 45.1 Å². The lowest BCUT2D eigenvalue weighted by Gasteiger charge is -2.23. The highest BCUT2D eigenvalue weighted by molar-refractivity contribution is 5.99. The minimum absolute atomic E-state index is 0.0458. The van der Waals surface area contributed by atoms with Crippen molar-refractivity contribution >= 4 is 11.8 Å². The van der Waals surface area contributed by atoms with Crippen molar-refractivity contribution < 1.29 is 40.3 Å². The van der Waals surface area contributed by atoms with Gasteiger partial charge in [-0.15, -0.1) is 0 Å². The highest BCUT2D eigenvalue weighted by atomic mass is 19.4. The van der Waals surface area contributed by atoms with Crippen LogP contribution in [0.15, 0.2) is 71.7 Å². The first-order valence-electron chi connectivity index (χ1n) is 17.1. The zero-order valence-corrected chi connectivity index (χ0v) is 29.2. The number of benzene rings is 2. The Labute approximate surface area is 309 Å². The van der Waals surface area contributed by atoms with E-state index in [1.807, 2.05) is 13.8 Å². The van der Waals surface area contributed by atoms with Crippen LogP contribution in [0.2, 0.25) is 0 Å². The van der Waals surface area contributed by atoms with Gasteiger partial charge in [-0.2, -0.15) is 27.1 Å². The largest absolute Gasteiger partial charge is 0.435 e. The Bertz CT molecular complexity index is 2390. The SMILES string of the molecule is CC.O=C(Cn1nc(C(F)(F)F)c2c1C(F)(F)CC2)N[C@@H](Cc1cc(F)cc(F)c1)c1nc(C#Cc2ccc(=O)[nH]c2)ccc1-c1ccc2c(c1)C(=O)NC2. The summed E-state index contributed by atoms with van der Waals surface area (Å²) in [4.78, 5) is 44.9. The lowest BCUT2D eigenvalue weighted by molar-refractivity contribution is -0.142. The van der Waals surface area contributed by atoms with Gasteiger partial charge < -0.3 is 15.6 Å². The van der Waals surface area contributed by atoms with Crippen molar-refractivity contribution in [1.82, 2.24) is 30.4 Å². The molecule has 1 aliphatic carbocycles. The molecule has 1 aliphatic heterocycles. The summed E-state index contributed by atoms with van der Waals surface area (Å²) >= 11 is 0. The fourth-order valence-electron chi connectivity index (χ4n) is 6.50. The first-order chi connectivity index (χ1) is 26.1. The van der Waals surface area contributed by atoms with Crippen LogP contribution in [0.3, 0.4) is 0 Å². The first kappa shape index (κ1) is 38.5. The number of fused-ring (bicyclic) bond motifs is 2. The predicted molar refractivity (Wildman–Crippen MR) is 186 cm³/mol. The monoisotopic (exact) mass is 764 g/mol. The number of aromatic amines is 1. The predicted octanol–water partition coefficient (Wildman–Crippen LogP) is 6.74. The van der Waals surface area contributed by atoms with Gasteiger partial charge in [0.15, 0.2) is 5.69 Å². The van der Waals surface area contributed by atoms with E-state index >= 15 is 0 Å². The Morgan fingerprint density at radius 3 is 2.42 bits per heavy atom. The topological polar surface area (TPSA) is 122 Å². The number of H-pyrrole nitrogens is 1. The van der Waals surface area contributed by atoms with Crippen molar-refractivity contribution in [2.24, 2.45) is 0 Å². The Balaban J connectivity index is 0.00000253. The third kappa shape index (κ3) is 8.30.